The Balaban J connectivity index is 1.96. The van der Waals surface area contributed by atoms with Crippen LogP contribution in [0.15, 0.2) is 35.7 Å². The molecule has 1 saturated carbocycles. The van der Waals surface area contributed by atoms with E-state index in [9.17, 15) is 13.5 Å². The Morgan fingerprint density at radius 3 is 2.53 bits per heavy atom. The number of sulfonamides is 1. The lowest BCUT2D eigenvalue weighted by atomic mass is 9.82. The van der Waals surface area contributed by atoms with Crippen LogP contribution in [0.4, 0.5) is 0 Å². The lowest BCUT2D eigenvalue weighted by molar-refractivity contribution is 0.0368. The van der Waals surface area contributed by atoms with Gasteiger partial charge >= 0.3 is 0 Å². The van der Waals surface area contributed by atoms with Crippen molar-refractivity contribution in [3.05, 3.63) is 41.3 Å². The van der Waals surface area contributed by atoms with Gasteiger partial charge in [-0.1, -0.05) is 30.3 Å². The van der Waals surface area contributed by atoms with Crippen LogP contribution >= 0.6 is 0 Å². The van der Waals surface area contributed by atoms with Crippen molar-refractivity contribution in [2.45, 2.75) is 18.9 Å². The summed E-state index contributed by atoms with van der Waals surface area (Å²) in [6, 6.07) is 9.33. The van der Waals surface area contributed by atoms with Gasteiger partial charge in [-0.3, -0.25) is 0 Å². The van der Waals surface area contributed by atoms with Crippen molar-refractivity contribution in [3.8, 4) is 0 Å². The molecule has 19 heavy (non-hydrogen) atoms. The van der Waals surface area contributed by atoms with E-state index in [1.807, 2.05) is 30.3 Å². The molecular weight excluding hydrogens is 262 g/mol. The second-order valence-corrected chi connectivity index (χ2v) is 6.96. The molecule has 104 valence electrons. The van der Waals surface area contributed by atoms with E-state index < -0.39 is 10.0 Å². The van der Waals surface area contributed by atoms with Gasteiger partial charge in [0.2, 0.25) is 10.0 Å². The normalized spacial score (nSPS) is 23.7. The van der Waals surface area contributed by atoms with Crippen LogP contribution in [0, 0.1) is 5.92 Å². The Kier molecular flexibility index (Phi) is 4.39. The van der Waals surface area contributed by atoms with Crippen LogP contribution in [0.5, 0.6) is 0 Å². The SMILES string of the molecule is CN(CC1CC(O)C1)S(=O)(=O)C=Cc1ccccc1. The number of rotatable bonds is 5. The van der Waals surface area contributed by atoms with Crippen molar-refractivity contribution in [2.75, 3.05) is 13.6 Å². The summed E-state index contributed by atoms with van der Waals surface area (Å²) in [5, 5.41) is 10.4. The summed E-state index contributed by atoms with van der Waals surface area (Å²) in [6.07, 6.45) is 2.74. The molecule has 1 aromatic carbocycles. The molecule has 1 aliphatic rings. The zero-order chi connectivity index (χ0) is 13.9. The van der Waals surface area contributed by atoms with Crippen LogP contribution in [0.2, 0.25) is 0 Å². The third-order valence-corrected chi connectivity index (χ3v) is 4.89. The lowest BCUT2D eigenvalue weighted by Crippen LogP contribution is -2.38. The first-order valence-corrected chi connectivity index (χ1v) is 7.85. The zero-order valence-electron chi connectivity index (χ0n) is 10.9. The summed E-state index contributed by atoms with van der Waals surface area (Å²) in [5.41, 5.74) is 0.860. The molecule has 1 fully saturated rings. The van der Waals surface area contributed by atoms with E-state index in [1.165, 1.54) is 9.71 Å². The highest BCUT2D eigenvalue weighted by Gasteiger charge is 2.30. The van der Waals surface area contributed by atoms with E-state index in [0.717, 1.165) is 5.56 Å². The zero-order valence-corrected chi connectivity index (χ0v) is 11.8. The summed E-state index contributed by atoms with van der Waals surface area (Å²) >= 11 is 0. The summed E-state index contributed by atoms with van der Waals surface area (Å²) in [5.74, 6) is 0.278. The van der Waals surface area contributed by atoms with Crippen molar-refractivity contribution in [3.63, 3.8) is 0 Å². The maximum Gasteiger partial charge on any atom is 0.235 e. The predicted octanol–water partition coefficient (Wildman–Crippen LogP) is 1.69. The van der Waals surface area contributed by atoms with Gasteiger partial charge in [-0.15, -0.1) is 0 Å². The third-order valence-electron chi connectivity index (χ3n) is 3.39. The van der Waals surface area contributed by atoms with E-state index in [4.69, 9.17) is 0 Å². The van der Waals surface area contributed by atoms with Crippen molar-refractivity contribution >= 4 is 16.1 Å². The summed E-state index contributed by atoms with van der Waals surface area (Å²) in [6.45, 7) is 0.471. The molecule has 0 heterocycles. The molecule has 0 atom stereocenters. The molecule has 0 saturated heterocycles. The molecule has 0 spiro atoms. The number of nitrogens with zero attached hydrogens (tertiary/aromatic N) is 1. The highest BCUT2D eigenvalue weighted by Crippen LogP contribution is 2.28. The minimum Gasteiger partial charge on any atom is -0.393 e. The van der Waals surface area contributed by atoms with Crippen molar-refractivity contribution in [1.29, 1.82) is 0 Å². The van der Waals surface area contributed by atoms with E-state index in [0.29, 0.717) is 19.4 Å². The molecular formula is C14H19NO3S. The van der Waals surface area contributed by atoms with Gasteiger partial charge in [0.1, 0.15) is 0 Å². The molecule has 0 radical (unpaired) electrons. The van der Waals surface area contributed by atoms with E-state index in [2.05, 4.69) is 0 Å². The molecule has 1 N–H and O–H groups in total. The fraction of sp³-hybridized carbons (Fsp3) is 0.429. The molecule has 0 bridgehead atoms. The Morgan fingerprint density at radius 2 is 1.95 bits per heavy atom. The van der Waals surface area contributed by atoms with E-state index >= 15 is 0 Å². The van der Waals surface area contributed by atoms with Gasteiger partial charge in [-0.05, 0) is 30.4 Å². The average molecular weight is 281 g/mol. The first kappa shape index (κ1) is 14.2. The molecule has 2 rings (SSSR count). The highest BCUT2D eigenvalue weighted by atomic mass is 32.2. The quantitative estimate of drug-likeness (QED) is 0.893. The van der Waals surface area contributed by atoms with Gasteiger partial charge in [-0.2, -0.15) is 0 Å². The van der Waals surface area contributed by atoms with Crippen LogP contribution in [-0.4, -0.2) is 37.5 Å². The van der Waals surface area contributed by atoms with Crippen LogP contribution in [-0.2, 0) is 10.0 Å². The Morgan fingerprint density at radius 1 is 1.32 bits per heavy atom. The minimum absolute atomic E-state index is 0.249. The second kappa shape index (κ2) is 5.86. The summed E-state index contributed by atoms with van der Waals surface area (Å²) < 4.78 is 25.4. The highest BCUT2D eigenvalue weighted by molar-refractivity contribution is 7.92. The molecule has 1 aliphatic carbocycles. The number of aliphatic hydroxyl groups is 1. The molecule has 0 aliphatic heterocycles. The molecule has 0 unspecified atom stereocenters. The second-order valence-electron chi connectivity index (χ2n) is 5.03. The van der Waals surface area contributed by atoms with Gasteiger partial charge in [0.15, 0.2) is 0 Å². The standard InChI is InChI=1S/C14H19NO3S/c1-15(11-13-9-14(16)10-13)19(17,18)8-7-12-5-3-2-4-6-12/h2-8,13-14,16H,9-11H2,1H3. The van der Waals surface area contributed by atoms with Crippen LogP contribution in [0.25, 0.3) is 6.08 Å². The Hall–Kier alpha value is -1.17. The van der Waals surface area contributed by atoms with Crippen molar-refractivity contribution in [2.24, 2.45) is 5.92 Å². The maximum absolute atomic E-state index is 12.0. The van der Waals surface area contributed by atoms with Gasteiger partial charge in [0, 0.05) is 19.0 Å². The number of aliphatic hydroxyl groups excluding tert-OH is 1. The largest absolute Gasteiger partial charge is 0.393 e. The molecule has 1 aromatic rings. The van der Waals surface area contributed by atoms with E-state index in [1.54, 1.807) is 13.1 Å². The summed E-state index contributed by atoms with van der Waals surface area (Å²) in [7, 11) is -1.80. The topological polar surface area (TPSA) is 57.6 Å². The monoisotopic (exact) mass is 281 g/mol. The molecule has 0 aromatic heterocycles. The first-order valence-electron chi connectivity index (χ1n) is 6.35. The number of hydrogen-bond donors (Lipinski definition) is 1. The van der Waals surface area contributed by atoms with E-state index in [-0.39, 0.29) is 12.0 Å². The van der Waals surface area contributed by atoms with Crippen molar-refractivity contribution in [1.82, 2.24) is 4.31 Å². The van der Waals surface area contributed by atoms with Crippen LogP contribution < -0.4 is 0 Å². The molecule has 4 nitrogen and oxygen atoms in total. The van der Waals surface area contributed by atoms with Crippen molar-refractivity contribution < 1.29 is 13.5 Å². The van der Waals surface area contributed by atoms with Gasteiger partial charge < -0.3 is 5.11 Å². The number of hydrogen-bond acceptors (Lipinski definition) is 3. The first-order chi connectivity index (χ1) is 8.97. The smallest absolute Gasteiger partial charge is 0.235 e. The Labute approximate surface area is 114 Å². The predicted molar refractivity (Wildman–Crippen MR) is 75.8 cm³/mol. The average Bonchev–Trinajstić information content (AvgIpc) is 2.36. The molecule has 0 amide bonds. The van der Waals surface area contributed by atoms with Gasteiger partial charge in [0.25, 0.3) is 0 Å². The number of benzene rings is 1. The molecule has 5 heteroatoms. The fourth-order valence-electron chi connectivity index (χ4n) is 2.15. The van der Waals surface area contributed by atoms with Gasteiger partial charge in [0.05, 0.1) is 6.10 Å². The van der Waals surface area contributed by atoms with Gasteiger partial charge in [-0.25, -0.2) is 12.7 Å². The fourth-order valence-corrected chi connectivity index (χ4v) is 3.11. The summed E-state index contributed by atoms with van der Waals surface area (Å²) in [4.78, 5) is 0. The lowest BCUT2D eigenvalue weighted by Gasteiger charge is -2.33. The third kappa shape index (κ3) is 3.89. The van der Waals surface area contributed by atoms with Crippen LogP contribution in [0.3, 0.4) is 0 Å². The Bertz CT molecular complexity index is 533. The maximum atomic E-state index is 12.0. The van der Waals surface area contributed by atoms with Crippen LogP contribution in [0.1, 0.15) is 18.4 Å². The minimum atomic E-state index is -3.38.